The van der Waals surface area contributed by atoms with E-state index in [1.807, 2.05) is 0 Å². The molecule has 0 saturated carbocycles. The summed E-state index contributed by atoms with van der Waals surface area (Å²) >= 11 is 0. The number of unbranched alkanes of at least 4 members (excludes halogenated alkanes) is 3. The number of nitrogens with two attached hydrogens (primary N) is 1. The van der Waals surface area contributed by atoms with Crippen molar-refractivity contribution in [3.63, 3.8) is 0 Å². The summed E-state index contributed by atoms with van der Waals surface area (Å²) in [5.41, 5.74) is 5.27. The van der Waals surface area contributed by atoms with Crippen molar-refractivity contribution < 1.29 is 13.0 Å². The highest BCUT2D eigenvalue weighted by atomic mass is 32.2. The molecule has 0 fully saturated rings. The summed E-state index contributed by atoms with van der Waals surface area (Å²) in [5.74, 6) is 0. The van der Waals surface area contributed by atoms with Gasteiger partial charge in [0.25, 0.3) is 10.1 Å². The van der Waals surface area contributed by atoms with Crippen molar-refractivity contribution in [3.8, 4) is 0 Å². The monoisotopic (exact) mass is 197 g/mol. The highest BCUT2D eigenvalue weighted by molar-refractivity contribution is 7.85. The smallest absolute Gasteiger partial charge is 0.261 e. The van der Waals surface area contributed by atoms with E-state index in [0.717, 1.165) is 6.54 Å². The highest BCUT2D eigenvalue weighted by Gasteiger charge is 1.81. The van der Waals surface area contributed by atoms with E-state index in [-0.39, 0.29) is 0 Å². The standard InChI is InChI=1S/C6H15N.CH4O3S/c1-2-3-4-5-6-7;1-5(2,3)4/h2-7H2,1H3;1H3,(H,2,3,4). The van der Waals surface area contributed by atoms with Crippen LogP contribution in [-0.2, 0) is 10.1 Å². The highest BCUT2D eigenvalue weighted by Crippen LogP contribution is 1.95. The first-order valence-electron chi connectivity index (χ1n) is 4.04. The lowest BCUT2D eigenvalue weighted by molar-refractivity contribution is 0.490. The van der Waals surface area contributed by atoms with Crippen LogP contribution in [0, 0.1) is 0 Å². The van der Waals surface area contributed by atoms with Gasteiger partial charge < -0.3 is 5.73 Å². The zero-order valence-corrected chi connectivity index (χ0v) is 8.60. The molecule has 12 heavy (non-hydrogen) atoms. The first-order chi connectivity index (χ1) is 5.41. The first kappa shape index (κ1) is 14.4. The Morgan fingerprint density at radius 3 is 1.92 bits per heavy atom. The van der Waals surface area contributed by atoms with Crippen LogP contribution in [0.1, 0.15) is 32.6 Å². The molecule has 0 radical (unpaired) electrons. The molecule has 3 N–H and O–H groups in total. The average molecular weight is 197 g/mol. The van der Waals surface area contributed by atoms with Crippen LogP contribution in [0.5, 0.6) is 0 Å². The van der Waals surface area contributed by atoms with E-state index in [1.54, 1.807) is 0 Å². The molecule has 4 nitrogen and oxygen atoms in total. The van der Waals surface area contributed by atoms with E-state index < -0.39 is 10.1 Å². The van der Waals surface area contributed by atoms with Gasteiger partial charge in [-0.1, -0.05) is 26.2 Å². The first-order valence-corrected chi connectivity index (χ1v) is 5.89. The van der Waals surface area contributed by atoms with Crippen LogP contribution in [-0.4, -0.2) is 25.8 Å². The van der Waals surface area contributed by atoms with Gasteiger partial charge in [0.2, 0.25) is 0 Å². The van der Waals surface area contributed by atoms with Gasteiger partial charge in [0.1, 0.15) is 0 Å². The minimum Gasteiger partial charge on any atom is -0.330 e. The zero-order chi connectivity index (χ0) is 10.0. The second kappa shape index (κ2) is 8.96. The largest absolute Gasteiger partial charge is 0.330 e. The van der Waals surface area contributed by atoms with Crippen molar-refractivity contribution in [3.05, 3.63) is 0 Å². The van der Waals surface area contributed by atoms with Crippen LogP contribution in [0.15, 0.2) is 0 Å². The minimum absolute atomic E-state index is 0.715. The molecule has 0 aromatic heterocycles. The molecule has 76 valence electrons. The maximum Gasteiger partial charge on any atom is 0.261 e. The fraction of sp³-hybridized carbons (Fsp3) is 1.00. The lowest BCUT2D eigenvalue weighted by Crippen LogP contribution is -1.97. The molecule has 0 rings (SSSR count). The molecule has 0 heterocycles. The number of rotatable bonds is 4. The van der Waals surface area contributed by atoms with Gasteiger partial charge in [-0.15, -0.1) is 0 Å². The van der Waals surface area contributed by atoms with Gasteiger partial charge in [-0.2, -0.15) is 8.42 Å². The van der Waals surface area contributed by atoms with Crippen molar-refractivity contribution in [1.82, 2.24) is 0 Å². The maximum atomic E-state index is 9.19. The van der Waals surface area contributed by atoms with Crippen LogP contribution in [0.2, 0.25) is 0 Å². The maximum absolute atomic E-state index is 9.19. The van der Waals surface area contributed by atoms with Crippen molar-refractivity contribution in [2.45, 2.75) is 32.6 Å². The van der Waals surface area contributed by atoms with Crippen molar-refractivity contribution in [1.29, 1.82) is 0 Å². The van der Waals surface area contributed by atoms with E-state index in [1.165, 1.54) is 25.7 Å². The van der Waals surface area contributed by atoms with Crippen molar-refractivity contribution in [2.24, 2.45) is 5.73 Å². The van der Waals surface area contributed by atoms with Gasteiger partial charge in [-0.05, 0) is 13.0 Å². The molecule has 0 unspecified atom stereocenters. The number of hydrogen-bond donors (Lipinski definition) is 2. The van der Waals surface area contributed by atoms with Crippen LogP contribution < -0.4 is 5.73 Å². The molecule has 0 aliphatic rings. The summed E-state index contributed by atoms with van der Waals surface area (Å²) in [7, 11) is -3.67. The van der Waals surface area contributed by atoms with Gasteiger partial charge in [-0.25, -0.2) is 0 Å². The predicted molar refractivity (Wildman–Crippen MR) is 50.7 cm³/mol. The van der Waals surface area contributed by atoms with E-state index >= 15 is 0 Å². The Hall–Kier alpha value is -0.130. The van der Waals surface area contributed by atoms with Gasteiger partial charge in [0.15, 0.2) is 0 Å². The molecule has 0 aromatic carbocycles. The van der Waals surface area contributed by atoms with Crippen LogP contribution in [0.25, 0.3) is 0 Å². The summed E-state index contributed by atoms with van der Waals surface area (Å²) in [6.07, 6.45) is 5.88. The summed E-state index contributed by atoms with van der Waals surface area (Å²) in [5, 5.41) is 0. The number of hydrogen-bond acceptors (Lipinski definition) is 3. The molecule has 0 amide bonds. The molecule has 0 bridgehead atoms. The second-order valence-corrected chi connectivity index (χ2v) is 4.05. The fourth-order valence-corrected chi connectivity index (χ4v) is 0.571. The minimum atomic E-state index is -3.67. The van der Waals surface area contributed by atoms with Crippen LogP contribution in [0.4, 0.5) is 0 Å². The van der Waals surface area contributed by atoms with Crippen molar-refractivity contribution in [2.75, 3.05) is 12.8 Å². The quantitative estimate of drug-likeness (QED) is 0.521. The fourth-order valence-electron chi connectivity index (χ4n) is 0.571. The molecule has 0 aliphatic heterocycles. The zero-order valence-electron chi connectivity index (χ0n) is 7.78. The third-order valence-electron chi connectivity index (χ3n) is 1.06. The van der Waals surface area contributed by atoms with Crippen LogP contribution in [0.3, 0.4) is 0 Å². The molecular formula is C7H19NO3S. The molecule has 0 saturated heterocycles. The lowest BCUT2D eigenvalue weighted by atomic mass is 10.2. The Kier molecular flexibility index (Phi) is 10.8. The predicted octanol–water partition coefficient (Wildman–Crippen LogP) is 1.03. The van der Waals surface area contributed by atoms with E-state index in [4.69, 9.17) is 10.3 Å². The van der Waals surface area contributed by atoms with Gasteiger partial charge in [0, 0.05) is 0 Å². The topological polar surface area (TPSA) is 80.4 Å². The summed E-state index contributed by atoms with van der Waals surface area (Å²) in [6.45, 7) is 3.07. The van der Waals surface area contributed by atoms with Gasteiger partial charge >= 0.3 is 0 Å². The Balaban J connectivity index is 0. The van der Waals surface area contributed by atoms with Crippen molar-refractivity contribution >= 4 is 10.1 Å². The SMILES string of the molecule is CCCCCCN.CS(=O)(=O)O. The Bertz CT molecular complexity index is 153. The van der Waals surface area contributed by atoms with E-state index in [2.05, 4.69) is 6.92 Å². The molecule has 5 heteroatoms. The third kappa shape index (κ3) is 51.8. The molecule has 0 aliphatic carbocycles. The summed E-state index contributed by atoms with van der Waals surface area (Å²) in [4.78, 5) is 0. The van der Waals surface area contributed by atoms with E-state index in [9.17, 15) is 8.42 Å². The van der Waals surface area contributed by atoms with Gasteiger partial charge in [-0.3, -0.25) is 4.55 Å². The molecule has 0 aromatic rings. The Labute approximate surface area is 74.9 Å². The van der Waals surface area contributed by atoms with E-state index in [0.29, 0.717) is 6.26 Å². The second-order valence-electron chi connectivity index (χ2n) is 2.58. The van der Waals surface area contributed by atoms with Crippen LogP contribution >= 0.6 is 0 Å². The normalized spacial score (nSPS) is 10.3. The Morgan fingerprint density at radius 1 is 1.25 bits per heavy atom. The lowest BCUT2D eigenvalue weighted by Gasteiger charge is -1.90. The summed E-state index contributed by atoms with van der Waals surface area (Å²) < 4.78 is 25.9. The molecular weight excluding hydrogens is 178 g/mol. The molecule has 0 spiro atoms. The van der Waals surface area contributed by atoms with Gasteiger partial charge in [0.05, 0.1) is 6.26 Å². The average Bonchev–Trinajstić information content (AvgIpc) is 1.85. The molecule has 0 atom stereocenters. The third-order valence-corrected chi connectivity index (χ3v) is 1.06. The Morgan fingerprint density at radius 2 is 1.67 bits per heavy atom. The summed E-state index contributed by atoms with van der Waals surface area (Å²) in [6, 6.07) is 0.